The smallest absolute Gasteiger partial charge is 0.260 e. The fraction of sp³-hybridized carbons (Fsp3) is 0.312. The van der Waals surface area contributed by atoms with Crippen LogP contribution in [0.3, 0.4) is 0 Å². The largest absolute Gasteiger partial charge is 0.507 e. The van der Waals surface area contributed by atoms with Gasteiger partial charge in [-0.1, -0.05) is 19.9 Å². The molecule has 5 nitrogen and oxygen atoms in total. The Balaban J connectivity index is 2.14. The van der Waals surface area contributed by atoms with Crippen LogP contribution in [0.2, 0.25) is 0 Å². The molecular formula is C16H18FN3O2. The Morgan fingerprint density at radius 1 is 1.32 bits per heavy atom. The lowest BCUT2D eigenvalue weighted by Gasteiger charge is -2.18. The molecule has 0 aliphatic heterocycles. The van der Waals surface area contributed by atoms with Gasteiger partial charge in [0.15, 0.2) is 0 Å². The van der Waals surface area contributed by atoms with Crippen molar-refractivity contribution in [1.29, 1.82) is 0 Å². The minimum atomic E-state index is -0.747. The van der Waals surface area contributed by atoms with Crippen molar-refractivity contribution in [3.63, 3.8) is 0 Å². The van der Waals surface area contributed by atoms with Gasteiger partial charge < -0.3 is 10.0 Å². The fourth-order valence-electron chi connectivity index (χ4n) is 2.01. The van der Waals surface area contributed by atoms with Gasteiger partial charge >= 0.3 is 0 Å². The summed E-state index contributed by atoms with van der Waals surface area (Å²) in [6.45, 7) is 4.21. The molecule has 0 saturated heterocycles. The summed E-state index contributed by atoms with van der Waals surface area (Å²) < 4.78 is 13.7. The van der Waals surface area contributed by atoms with Gasteiger partial charge in [0.05, 0.1) is 0 Å². The van der Waals surface area contributed by atoms with Gasteiger partial charge in [0.25, 0.3) is 5.91 Å². The molecule has 0 bridgehead atoms. The highest BCUT2D eigenvalue weighted by atomic mass is 19.1. The van der Waals surface area contributed by atoms with Crippen LogP contribution in [0, 0.1) is 5.82 Å². The molecule has 0 aliphatic rings. The Bertz CT molecular complexity index is 651. The van der Waals surface area contributed by atoms with Crippen molar-refractivity contribution in [1.82, 2.24) is 14.9 Å². The third-order valence-electron chi connectivity index (χ3n) is 3.21. The van der Waals surface area contributed by atoms with Crippen molar-refractivity contribution in [2.75, 3.05) is 7.05 Å². The molecule has 0 saturated carbocycles. The predicted octanol–water partition coefficient (Wildman–Crippen LogP) is 2.72. The van der Waals surface area contributed by atoms with Crippen molar-refractivity contribution in [3.05, 3.63) is 53.4 Å². The Morgan fingerprint density at radius 2 is 1.95 bits per heavy atom. The van der Waals surface area contributed by atoms with Crippen LogP contribution in [0.15, 0.2) is 30.6 Å². The molecule has 0 atom stereocenters. The fourth-order valence-corrected chi connectivity index (χ4v) is 2.01. The second-order valence-electron chi connectivity index (χ2n) is 5.40. The van der Waals surface area contributed by atoms with Gasteiger partial charge in [0.1, 0.15) is 23.0 Å². The Morgan fingerprint density at radius 3 is 2.50 bits per heavy atom. The molecular weight excluding hydrogens is 285 g/mol. The highest BCUT2D eigenvalue weighted by Crippen LogP contribution is 2.22. The SMILES string of the molecule is CC(C)c1ncc(CN(C)C(=O)c2c(O)cccc2F)cn1. The first-order valence-electron chi connectivity index (χ1n) is 6.94. The molecule has 6 heteroatoms. The van der Waals surface area contributed by atoms with Crippen LogP contribution in [0.5, 0.6) is 5.75 Å². The van der Waals surface area contributed by atoms with Crippen molar-refractivity contribution < 1.29 is 14.3 Å². The van der Waals surface area contributed by atoms with Gasteiger partial charge in [-0.2, -0.15) is 0 Å². The molecule has 1 aromatic carbocycles. The molecule has 2 rings (SSSR count). The van der Waals surface area contributed by atoms with Crippen LogP contribution in [-0.2, 0) is 6.54 Å². The lowest BCUT2D eigenvalue weighted by Crippen LogP contribution is -2.27. The van der Waals surface area contributed by atoms with Crippen molar-refractivity contribution in [2.45, 2.75) is 26.3 Å². The molecule has 1 heterocycles. The van der Waals surface area contributed by atoms with E-state index < -0.39 is 11.7 Å². The van der Waals surface area contributed by atoms with Gasteiger partial charge in [-0.25, -0.2) is 14.4 Å². The number of aromatic hydroxyl groups is 1. The van der Waals surface area contributed by atoms with E-state index >= 15 is 0 Å². The average Bonchev–Trinajstić information content (AvgIpc) is 2.47. The number of aromatic nitrogens is 2. The van der Waals surface area contributed by atoms with E-state index in [9.17, 15) is 14.3 Å². The number of phenols is 1. The normalized spacial score (nSPS) is 10.8. The van der Waals surface area contributed by atoms with Gasteiger partial charge in [-0.3, -0.25) is 4.79 Å². The quantitative estimate of drug-likeness (QED) is 0.943. The molecule has 1 N–H and O–H groups in total. The molecule has 0 unspecified atom stereocenters. The van der Waals surface area contributed by atoms with Gasteiger partial charge in [0.2, 0.25) is 0 Å². The Labute approximate surface area is 128 Å². The van der Waals surface area contributed by atoms with E-state index in [1.54, 1.807) is 12.4 Å². The summed E-state index contributed by atoms with van der Waals surface area (Å²) in [4.78, 5) is 22.0. The number of rotatable bonds is 4. The minimum Gasteiger partial charge on any atom is -0.507 e. The number of amides is 1. The van der Waals surface area contributed by atoms with Crippen molar-refractivity contribution >= 4 is 5.91 Å². The second kappa shape index (κ2) is 6.51. The van der Waals surface area contributed by atoms with Crippen LogP contribution in [-0.4, -0.2) is 32.9 Å². The zero-order valence-electron chi connectivity index (χ0n) is 12.7. The molecule has 0 fully saturated rings. The molecule has 2 aromatic rings. The number of nitrogens with zero attached hydrogens (tertiary/aromatic N) is 3. The second-order valence-corrected chi connectivity index (χ2v) is 5.40. The van der Waals surface area contributed by atoms with Crippen LogP contribution in [0.1, 0.15) is 41.5 Å². The van der Waals surface area contributed by atoms with Crippen LogP contribution in [0.25, 0.3) is 0 Å². The van der Waals surface area contributed by atoms with Crippen LogP contribution in [0.4, 0.5) is 4.39 Å². The summed E-state index contributed by atoms with van der Waals surface area (Å²) in [5.74, 6) is -0.761. The molecule has 0 radical (unpaired) electrons. The molecule has 1 aromatic heterocycles. The summed E-state index contributed by atoms with van der Waals surface area (Å²) in [6.07, 6.45) is 3.29. The first-order valence-corrected chi connectivity index (χ1v) is 6.94. The number of carbonyl (C=O) groups is 1. The maximum absolute atomic E-state index is 13.7. The summed E-state index contributed by atoms with van der Waals surface area (Å²) >= 11 is 0. The van der Waals surface area contributed by atoms with Crippen molar-refractivity contribution in [3.8, 4) is 5.75 Å². The monoisotopic (exact) mass is 303 g/mol. The first kappa shape index (κ1) is 15.9. The maximum Gasteiger partial charge on any atom is 0.260 e. The molecule has 22 heavy (non-hydrogen) atoms. The molecule has 1 amide bonds. The van der Waals surface area contributed by atoms with E-state index in [1.165, 1.54) is 24.1 Å². The lowest BCUT2D eigenvalue weighted by molar-refractivity contribution is 0.0777. The van der Waals surface area contributed by atoms with Crippen LogP contribution >= 0.6 is 0 Å². The zero-order valence-corrected chi connectivity index (χ0v) is 12.7. The molecule has 0 spiro atoms. The maximum atomic E-state index is 13.7. The third-order valence-corrected chi connectivity index (χ3v) is 3.21. The topological polar surface area (TPSA) is 66.3 Å². The van der Waals surface area contributed by atoms with Crippen LogP contribution < -0.4 is 0 Å². The number of phenolic OH excluding ortho intramolecular Hbond substituents is 1. The van der Waals surface area contributed by atoms with Gasteiger partial charge in [-0.05, 0) is 12.1 Å². The highest BCUT2D eigenvalue weighted by Gasteiger charge is 2.20. The summed E-state index contributed by atoms with van der Waals surface area (Å²) in [7, 11) is 1.53. The third kappa shape index (κ3) is 3.39. The number of halogens is 1. The average molecular weight is 303 g/mol. The van der Waals surface area contributed by atoms with Crippen molar-refractivity contribution in [2.24, 2.45) is 0 Å². The summed E-state index contributed by atoms with van der Waals surface area (Å²) in [5, 5.41) is 9.66. The first-order chi connectivity index (χ1) is 10.4. The van der Waals surface area contributed by atoms with E-state index in [0.717, 1.165) is 17.5 Å². The standard InChI is InChI=1S/C16H18FN3O2/c1-10(2)15-18-7-11(8-19-15)9-20(3)16(22)14-12(17)5-4-6-13(14)21/h4-8,10,21H,9H2,1-3H3. The Kier molecular flexibility index (Phi) is 4.70. The van der Waals surface area contributed by atoms with Gasteiger partial charge in [0, 0.05) is 37.5 Å². The summed E-state index contributed by atoms with van der Waals surface area (Å²) in [6, 6.07) is 3.77. The predicted molar refractivity (Wildman–Crippen MR) is 80.0 cm³/mol. The van der Waals surface area contributed by atoms with E-state index in [-0.39, 0.29) is 23.8 Å². The number of hydrogen-bond donors (Lipinski definition) is 1. The molecule has 0 aliphatic carbocycles. The lowest BCUT2D eigenvalue weighted by atomic mass is 10.1. The zero-order chi connectivity index (χ0) is 16.3. The number of hydrogen-bond acceptors (Lipinski definition) is 4. The molecule has 116 valence electrons. The van der Waals surface area contributed by atoms with E-state index in [1.807, 2.05) is 13.8 Å². The van der Waals surface area contributed by atoms with E-state index in [0.29, 0.717) is 0 Å². The van der Waals surface area contributed by atoms with E-state index in [4.69, 9.17) is 0 Å². The minimum absolute atomic E-state index is 0.226. The number of carbonyl (C=O) groups excluding carboxylic acids is 1. The Hall–Kier alpha value is -2.50. The number of benzene rings is 1. The van der Waals surface area contributed by atoms with E-state index in [2.05, 4.69) is 9.97 Å². The highest BCUT2D eigenvalue weighted by molar-refractivity contribution is 5.96. The summed E-state index contributed by atoms with van der Waals surface area (Å²) in [5.41, 5.74) is 0.404. The van der Waals surface area contributed by atoms with Gasteiger partial charge in [-0.15, -0.1) is 0 Å².